The van der Waals surface area contributed by atoms with Crippen LogP contribution in [0.15, 0.2) is 60.7 Å². The average molecular weight is 419 g/mol. The lowest BCUT2D eigenvalue weighted by Crippen LogP contribution is -2.17. The van der Waals surface area contributed by atoms with Crippen LogP contribution in [0.3, 0.4) is 0 Å². The van der Waals surface area contributed by atoms with Crippen molar-refractivity contribution >= 4 is 28.5 Å². The molecule has 5 rings (SSSR count). The summed E-state index contributed by atoms with van der Waals surface area (Å²) in [4.78, 5) is 18.2. The van der Waals surface area contributed by atoms with Crippen molar-refractivity contribution in [1.29, 1.82) is 0 Å². The summed E-state index contributed by atoms with van der Waals surface area (Å²) in [5, 5.41) is 3.56. The van der Waals surface area contributed by atoms with Crippen molar-refractivity contribution in [3.63, 3.8) is 0 Å². The van der Waals surface area contributed by atoms with Crippen LogP contribution in [0.1, 0.15) is 28.1 Å². The van der Waals surface area contributed by atoms with Gasteiger partial charge in [-0.2, -0.15) is 0 Å². The molecule has 3 aromatic rings. The van der Waals surface area contributed by atoms with Crippen molar-refractivity contribution in [2.45, 2.75) is 25.0 Å². The SMILES string of the molecule is COC12CC1C=Cc1sc(NC(=O)Cc3ccc(OCc4ccccc4)cc3)nc12. The van der Waals surface area contributed by atoms with Crippen LogP contribution in [-0.4, -0.2) is 18.0 Å². The summed E-state index contributed by atoms with van der Waals surface area (Å²) in [6.45, 7) is 0.521. The number of thiazole rings is 1. The number of ether oxygens (including phenoxy) is 2. The zero-order valence-electron chi connectivity index (χ0n) is 16.6. The molecule has 2 aliphatic carbocycles. The normalized spacial score (nSPS) is 20.9. The van der Waals surface area contributed by atoms with Gasteiger partial charge < -0.3 is 14.8 Å². The maximum atomic E-state index is 12.5. The molecule has 6 heteroatoms. The van der Waals surface area contributed by atoms with Crippen molar-refractivity contribution in [3.8, 4) is 5.75 Å². The van der Waals surface area contributed by atoms with E-state index in [-0.39, 0.29) is 17.9 Å². The van der Waals surface area contributed by atoms with Gasteiger partial charge in [0.25, 0.3) is 0 Å². The number of fused-ring (bicyclic) bond motifs is 3. The predicted octanol–water partition coefficient (Wildman–Crippen LogP) is 4.79. The molecule has 2 unspecified atom stereocenters. The fraction of sp³-hybridized carbons (Fsp3) is 0.250. The minimum absolute atomic E-state index is 0.0816. The van der Waals surface area contributed by atoms with Crippen molar-refractivity contribution in [2.75, 3.05) is 12.4 Å². The number of aromatic nitrogens is 1. The number of hydrogen-bond donors (Lipinski definition) is 1. The molecule has 1 saturated carbocycles. The zero-order chi connectivity index (χ0) is 20.6. The Hall–Kier alpha value is -2.96. The summed E-state index contributed by atoms with van der Waals surface area (Å²) in [5.41, 5.74) is 2.72. The molecule has 2 atom stereocenters. The van der Waals surface area contributed by atoms with Crippen LogP contribution < -0.4 is 10.1 Å². The molecule has 0 saturated heterocycles. The molecule has 1 N–H and O–H groups in total. The van der Waals surface area contributed by atoms with Gasteiger partial charge in [0.2, 0.25) is 5.91 Å². The fourth-order valence-corrected chi connectivity index (χ4v) is 4.87. The first-order valence-electron chi connectivity index (χ1n) is 9.96. The number of carbonyl (C=O) groups excluding carboxylic acids is 1. The highest BCUT2D eigenvalue weighted by molar-refractivity contribution is 7.16. The van der Waals surface area contributed by atoms with Crippen LogP contribution in [0.4, 0.5) is 5.13 Å². The Morgan fingerprint density at radius 2 is 1.97 bits per heavy atom. The second kappa shape index (κ2) is 7.70. The number of carbonyl (C=O) groups is 1. The number of nitrogens with zero attached hydrogens (tertiary/aromatic N) is 1. The van der Waals surface area contributed by atoms with E-state index in [0.717, 1.165) is 33.9 Å². The van der Waals surface area contributed by atoms with Gasteiger partial charge in [0.15, 0.2) is 5.13 Å². The van der Waals surface area contributed by atoms with Crippen LogP contribution >= 0.6 is 11.3 Å². The van der Waals surface area contributed by atoms with Crippen LogP contribution in [0.25, 0.3) is 6.08 Å². The molecular formula is C24H22N2O3S. The first kappa shape index (κ1) is 19.0. The number of hydrogen-bond acceptors (Lipinski definition) is 5. The monoisotopic (exact) mass is 418 g/mol. The molecule has 152 valence electrons. The standard InChI is InChI=1S/C24H22N2O3S/c1-28-24-14-18(24)9-12-20-22(24)26-23(30-20)25-21(27)13-16-7-10-19(11-8-16)29-15-17-5-3-2-4-6-17/h2-12,18H,13-15H2,1H3,(H,25,26,27). The van der Waals surface area contributed by atoms with Crippen molar-refractivity contribution in [3.05, 3.63) is 82.4 Å². The number of rotatable bonds is 7. The Morgan fingerprint density at radius 3 is 2.73 bits per heavy atom. The van der Waals surface area contributed by atoms with Gasteiger partial charge in [-0.25, -0.2) is 4.98 Å². The lowest BCUT2D eigenvalue weighted by molar-refractivity contribution is -0.115. The molecule has 1 amide bonds. The summed E-state index contributed by atoms with van der Waals surface area (Å²) >= 11 is 1.50. The fourth-order valence-electron chi connectivity index (χ4n) is 3.89. The first-order valence-corrected chi connectivity index (χ1v) is 10.8. The summed E-state index contributed by atoms with van der Waals surface area (Å²) < 4.78 is 11.5. The van der Waals surface area contributed by atoms with Crippen molar-refractivity contribution < 1.29 is 14.3 Å². The molecular weight excluding hydrogens is 396 g/mol. The smallest absolute Gasteiger partial charge is 0.230 e. The molecule has 2 aliphatic rings. The van der Waals surface area contributed by atoms with Gasteiger partial charge in [0.1, 0.15) is 18.0 Å². The van der Waals surface area contributed by atoms with E-state index in [1.807, 2.05) is 54.6 Å². The van der Waals surface area contributed by atoms with E-state index in [2.05, 4.69) is 22.5 Å². The lowest BCUT2D eigenvalue weighted by Gasteiger charge is -2.15. The Morgan fingerprint density at radius 1 is 1.17 bits per heavy atom. The number of methoxy groups -OCH3 is 1. The van der Waals surface area contributed by atoms with E-state index < -0.39 is 0 Å². The maximum absolute atomic E-state index is 12.5. The summed E-state index contributed by atoms with van der Waals surface area (Å²) in [6.07, 6.45) is 5.52. The minimum Gasteiger partial charge on any atom is -0.489 e. The Labute approximate surface area is 179 Å². The Balaban J connectivity index is 1.18. The predicted molar refractivity (Wildman–Crippen MR) is 117 cm³/mol. The second-order valence-corrected chi connectivity index (χ2v) is 8.67. The summed E-state index contributed by atoms with van der Waals surface area (Å²) in [6, 6.07) is 17.7. The van der Waals surface area contributed by atoms with Crippen molar-refractivity contribution in [1.82, 2.24) is 4.98 Å². The Bertz CT molecular complexity index is 1090. The summed E-state index contributed by atoms with van der Waals surface area (Å²) in [7, 11) is 1.73. The second-order valence-electron chi connectivity index (χ2n) is 7.64. The number of anilines is 1. The first-order chi connectivity index (χ1) is 14.7. The molecule has 0 bridgehead atoms. The topological polar surface area (TPSA) is 60.5 Å². The van der Waals surface area contributed by atoms with E-state index in [1.54, 1.807) is 7.11 Å². The molecule has 1 heterocycles. The van der Waals surface area contributed by atoms with Crippen LogP contribution in [0.2, 0.25) is 0 Å². The van der Waals surface area contributed by atoms with Gasteiger partial charge in [-0.05, 0) is 35.8 Å². The maximum Gasteiger partial charge on any atom is 0.230 e. The Kier molecular flexibility index (Phi) is 4.89. The molecule has 0 radical (unpaired) electrons. The summed E-state index contributed by atoms with van der Waals surface area (Å²) in [5.74, 6) is 1.11. The number of nitrogens with one attached hydrogen (secondary N) is 1. The van der Waals surface area contributed by atoms with Gasteiger partial charge in [-0.15, -0.1) is 0 Å². The van der Waals surface area contributed by atoms with E-state index in [9.17, 15) is 4.79 Å². The third-order valence-corrected chi connectivity index (χ3v) is 6.58. The molecule has 1 fully saturated rings. The van der Waals surface area contributed by atoms with E-state index >= 15 is 0 Å². The quantitative estimate of drug-likeness (QED) is 0.599. The van der Waals surface area contributed by atoms with Gasteiger partial charge in [0, 0.05) is 13.0 Å². The van der Waals surface area contributed by atoms with Crippen molar-refractivity contribution in [2.24, 2.45) is 5.92 Å². The highest BCUT2D eigenvalue weighted by Gasteiger charge is 2.59. The third kappa shape index (κ3) is 3.64. The molecule has 2 aromatic carbocycles. The van der Waals surface area contributed by atoms with E-state index in [1.165, 1.54) is 11.3 Å². The van der Waals surface area contributed by atoms with Gasteiger partial charge in [0.05, 0.1) is 17.0 Å². The molecule has 0 aliphatic heterocycles. The zero-order valence-corrected chi connectivity index (χ0v) is 17.4. The van der Waals surface area contributed by atoms with Gasteiger partial charge in [-0.1, -0.05) is 59.9 Å². The van der Waals surface area contributed by atoms with Crippen LogP contribution in [0.5, 0.6) is 5.75 Å². The van der Waals surface area contributed by atoms with E-state index in [0.29, 0.717) is 17.7 Å². The molecule has 30 heavy (non-hydrogen) atoms. The van der Waals surface area contributed by atoms with Crippen LogP contribution in [0, 0.1) is 5.92 Å². The third-order valence-electron chi connectivity index (χ3n) is 5.64. The lowest BCUT2D eigenvalue weighted by atomic mass is 10.1. The number of benzene rings is 2. The largest absolute Gasteiger partial charge is 0.489 e. The number of amides is 1. The van der Waals surface area contributed by atoms with Crippen LogP contribution in [-0.2, 0) is 28.2 Å². The van der Waals surface area contributed by atoms with Gasteiger partial charge in [-0.3, -0.25) is 4.79 Å². The highest BCUT2D eigenvalue weighted by Crippen LogP contribution is 2.59. The van der Waals surface area contributed by atoms with E-state index in [4.69, 9.17) is 9.47 Å². The molecule has 1 aromatic heterocycles. The minimum atomic E-state index is -0.279. The average Bonchev–Trinajstić information content (AvgIpc) is 3.38. The molecule has 5 nitrogen and oxygen atoms in total. The molecule has 0 spiro atoms. The highest BCUT2D eigenvalue weighted by atomic mass is 32.1. The van der Waals surface area contributed by atoms with Gasteiger partial charge >= 0.3 is 0 Å².